The molecule has 0 aliphatic rings. The molecule has 0 aliphatic carbocycles. The number of nitro benzene ring substituents is 1. The highest BCUT2D eigenvalue weighted by Crippen LogP contribution is 2.19. The summed E-state index contributed by atoms with van der Waals surface area (Å²) in [6.07, 6.45) is 1.50. The molecule has 1 heterocycles. The molecule has 0 atom stereocenters. The molecule has 6 heteroatoms. The maximum absolute atomic E-state index is 10.5. The summed E-state index contributed by atoms with van der Waals surface area (Å²) in [4.78, 5) is 14.1. The number of hydrogen-bond acceptors (Lipinski definition) is 4. The lowest BCUT2D eigenvalue weighted by molar-refractivity contribution is -0.384. The summed E-state index contributed by atoms with van der Waals surface area (Å²) in [5, 5.41) is 19.1. The molecule has 1 aromatic heterocycles. The molecule has 2 aromatic rings. The van der Waals surface area contributed by atoms with Crippen LogP contribution < -0.4 is 0 Å². The van der Waals surface area contributed by atoms with Crippen LogP contribution in [0.1, 0.15) is 0 Å². The van der Waals surface area contributed by atoms with Crippen molar-refractivity contribution in [3.8, 4) is 6.07 Å². The fourth-order valence-electron chi connectivity index (χ4n) is 1.36. The Morgan fingerprint density at radius 1 is 1.60 bits per heavy atom. The van der Waals surface area contributed by atoms with Crippen molar-refractivity contribution in [2.45, 2.75) is 6.54 Å². The number of nitro groups is 1. The highest BCUT2D eigenvalue weighted by molar-refractivity contribution is 5.78. The van der Waals surface area contributed by atoms with Gasteiger partial charge in [-0.3, -0.25) is 10.1 Å². The lowest BCUT2D eigenvalue weighted by atomic mass is 10.3. The summed E-state index contributed by atoms with van der Waals surface area (Å²) in [6, 6.07) is 6.35. The van der Waals surface area contributed by atoms with E-state index in [1.807, 2.05) is 6.07 Å². The number of imidazole rings is 1. The minimum absolute atomic E-state index is 0.00203. The van der Waals surface area contributed by atoms with Crippen LogP contribution in [0, 0.1) is 21.4 Å². The minimum atomic E-state index is -0.469. The number of rotatable bonds is 2. The molecule has 0 N–H and O–H groups in total. The lowest BCUT2D eigenvalue weighted by Gasteiger charge is -1.96. The number of hydrogen-bond donors (Lipinski definition) is 0. The highest BCUT2D eigenvalue weighted by atomic mass is 16.6. The van der Waals surface area contributed by atoms with Gasteiger partial charge in [-0.1, -0.05) is 0 Å². The largest absolute Gasteiger partial charge is 0.316 e. The summed E-state index contributed by atoms with van der Waals surface area (Å²) in [5.41, 5.74) is 1.25. The molecule has 0 saturated carbocycles. The van der Waals surface area contributed by atoms with Crippen LogP contribution in [0.15, 0.2) is 24.5 Å². The summed E-state index contributed by atoms with van der Waals surface area (Å²) < 4.78 is 1.57. The van der Waals surface area contributed by atoms with Crippen LogP contribution in [0.4, 0.5) is 5.69 Å². The zero-order valence-electron chi connectivity index (χ0n) is 7.62. The second-order valence-corrected chi connectivity index (χ2v) is 2.96. The van der Waals surface area contributed by atoms with E-state index in [4.69, 9.17) is 5.26 Å². The van der Waals surface area contributed by atoms with Crippen molar-refractivity contribution < 1.29 is 4.92 Å². The molecule has 74 valence electrons. The topological polar surface area (TPSA) is 84.8 Å². The van der Waals surface area contributed by atoms with Gasteiger partial charge in [0.05, 0.1) is 28.4 Å². The van der Waals surface area contributed by atoms with Crippen LogP contribution in [-0.4, -0.2) is 14.5 Å². The van der Waals surface area contributed by atoms with Gasteiger partial charge in [-0.15, -0.1) is 0 Å². The van der Waals surface area contributed by atoms with Crippen molar-refractivity contribution in [3.05, 3.63) is 34.6 Å². The summed E-state index contributed by atoms with van der Waals surface area (Å²) in [6.45, 7) is 0.137. The van der Waals surface area contributed by atoms with E-state index in [0.717, 1.165) is 0 Å². The molecule has 6 nitrogen and oxygen atoms in total. The van der Waals surface area contributed by atoms with Gasteiger partial charge < -0.3 is 4.57 Å². The third-order valence-corrected chi connectivity index (χ3v) is 2.06. The smallest absolute Gasteiger partial charge is 0.271 e. The predicted molar refractivity (Wildman–Crippen MR) is 52.0 cm³/mol. The van der Waals surface area contributed by atoms with Crippen LogP contribution in [0.2, 0.25) is 0 Å². The first-order chi connectivity index (χ1) is 7.22. The van der Waals surface area contributed by atoms with Crippen molar-refractivity contribution in [2.24, 2.45) is 0 Å². The van der Waals surface area contributed by atoms with Crippen LogP contribution >= 0.6 is 0 Å². The monoisotopic (exact) mass is 202 g/mol. The van der Waals surface area contributed by atoms with Gasteiger partial charge in [0, 0.05) is 12.1 Å². The maximum Gasteiger partial charge on any atom is 0.271 e. The van der Waals surface area contributed by atoms with Gasteiger partial charge >= 0.3 is 0 Å². The van der Waals surface area contributed by atoms with Gasteiger partial charge in [0.15, 0.2) is 0 Å². The number of benzene rings is 1. The SMILES string of the molecule is N#CCn1cnc2ccc([N+](=O)[O-])cc21. The van der Waals surface area contributed by atoms with E-state index in [1.165, 1.54) is 18.5 Å². The number of non-ortho nitro benzene ring substituents is 1. The van der Waals surface area contributed by atoms with E-state index in [1.54, 1.807) is 10.6 Å². The fraction of sp³-hybridized carbons (Fsp3) is 0.111. The fourth-order valence-corrected chi connectivity index (χ4v) is 1.36. The predicted octanol–water partition coefficient (Wildman–Crippen LogP) is 1.47. The molecule has 0 spiro atoms. The molecule has 0 saturated heterocycles. The average molecular weight is 202 g/mol. The molecular weight excluding hydrogens is 196 g/mol. The van der Waals surface area contributed by atoms with Gasteiger partial charge in [-0.25, -0.2) is 4.98 Å². The van der Waals surface area contributed by atoms with E-state index < -0.39 is 4.92 Å². The molecule has 2 rings (SSSR count). The molecule has 1 aromatic carbocycles. The first-order valence-corrected chi connectivity index (χ1v) is 4.18. The van der Waals surface area contributed by atoms with Crippen molar-refractivity contribution in [3.63, 3.8) is 0 Å². The molecule has 0 amide bonds. The number of nitrogens with zero attached hydrogens (tertiary/aromatic N) is 4. The van der Waals surface area contributed by atoms with E-state index in [9.17, 15) is 10.1 Å². The second-order valence-electron chi connectivity index (χ2n) is 2.96. The van der Waals surface area contributed by atoms with Crippen LogP contribution in [0.5, 0.6) is 0 Å². The first-order valence-electron chi connectivity index (χ1n) is 4.18. The van der Waals surface area contributed by atoms with Crippen molar-refractivity contribution >= 4 is 16.7 Å². The molecule has 15 heavy (non-hydrogen) atoms. The van der Waals surface area contributed by atoms with E-state index in [0.29, 0.717) is 11.0 Å². The molecular formula is C9H6N4O2. The number of nitriles is 1. The zero-order chi connectivity index (χ0) is 10.8. The first kappa shape index (κ1) is 9.15. The molecule has 0 aliphatic heterocycles. The van der Waals surface area contributed by atoms with Crippen LogP contribution in [0.25, 0.3) is 11.0 Å². The van der Waals surface area contributed by atoms with E-state index in [-0.39, 0.29) is 12.2 Å². The second kappa shape index (κ2) is 3.38. The number of fused-ring (bicyclic) bond motifs is 1. The van der Waals surface area contributed by atoms with Crippen molar-refractivity contribution in [1.82, 2.24) is 9.55 Å². The van der Waals surface area contributed by atoms with Gasteiger partial charge in [-0.2, -0.15) is 5.26 Å². The third kappa shape index (κ3) is 1.50. The third-order valence-electron chi connectivity index (χ3n) is 2.06. The molecule has 0 radical (unpaired) electrons. The van der Waals surface area contributed by atoms with Gasteiger partial charge in [0.1, 0.15) is 6.54 Å². The molecule has 0 fully saturated rings. The van der Waals surface area contributed by atoms with E-state index in [2.05, 4.69) is 4.98 Å². The summed E-state index contributed by atoms with van der Waals surface area (Å²) >= 11 is 0. The maximum atomic E-state index is 10.5. The van der Waals surface area contributed by atoms with Crippen LogP contribution in [0.3, 0.4) is 0 Å². The van der Waals surface area contributed by atoms with Crippen molar-refractivity contribution in [2.75, 3.05) is 0 Å². The Kier molecular flexibility index (Phi) is 2.06. The quantitative estimate of drug-likeness (QED) is 0.545. The Bertz CT molecular complexity index is 567. The molecule has 0 unspecified atom stereocenters. The minimum Gasteiger partial charge on any atom is -0.316 e. The Hall–Kier alpha value is -2.42. The summed E-state index contributed by atoms with van der Waals surface area (Å²) in [7, 11) is 0. The summed E-state index contributed by atoms with van der Waals surface area (Å²) in [5.74, 6) is 0. The standard InChI is InChI=1S/C9H6N4O2/c10-3-4-12-6-11-8-2-1-7(13(14)15)5-9(8)12/h1-2,5-6H,4H2. The van der Waals surface area contributed by atoms with Gasteiger partial charge in [0.2, 0.25) is 0 Å². The Labute approximate surface area is 84.5 Å². The van der Waals surface area contributed by atoms with Crippen molar-refractivity contribution in [1.29, 1.82) is 5.26 Å². The van der Waals surface area contributed by atoms with Gasteiger partial charge in [0.25, 0.3) is 5.69 Å². The Morgan fingerprint density at radius 3 is 3.07 bits per heavy atom. The zero-order valence-corrected chi connectivity index (χ0v) is 7.62. The normalized spacial score (nSPS) is 10.1. The average Bonchev–Trinajstić information content (AvgIpc) is 2.61. The Morgan fingerprint density at radius 2 is 2.40 bits per heavy atom. The van der Waals surface area contributed by atoms with Gasteiger partial charge in [-0.05, 0) is 6.07 Å². The number of aromatic nitrogens is 2. The lowest BCUT2D eigenvalue weighted by Crippen LogP contribution is -1.93. The highest BCUT2D eigenvalue weighted by Gasteiger charge is 2.09. The molecule has 0 bridgehead atoms. The Balaban J connectivity index is 2.62. The van der Waals surface area contributed by atoms with E-state index >= 15 is 0 Å². The van der Waals surface area contributed by atoms with Crippen LogP contribution in [-0.2, 0) is 6.54 Å².